The highest BCUT2D eigenvalue weighted by Gasteiger charge is 2.29. The molecule has 2 fully saturated rings. The van der Waals surface area contributed by atoms with Crippen LogP contribution in [0.4, 0.5) is 0 Å². The number of amides is 2. The lowest BCUT2D eigenvalue weighted by Gasteiger charge is -2.15. The first-order chi connectivity index (χ1) is 13.8. The van der Waals surface area contributed by atoms with Crippen LogP contribution in [-0.2, 0) is 24.2 Å². The van der Waals surface area contributed by atoms with Gasteiger partial charge in [-0.2, -0.15) is 0 Å². The molecule has 0 radical (unpaired) electrons. The van der Waals surface area contributed by atoms with Crippen molar-refractivity contribution in [3.8, 4) is 0 Å². The fourth-order valence-electron chi connectivity index (χ4n) is 3.35. The lowest BCUT2D eigenvalue weighted by Crippen LogP contribution is -2.38. The second kappa shape index (κ2) is 9.62. The predicted molar refractivity (Wildman–Crippen MR) is 108 cm³/mol. The molecule has 2 saturated heterocycles. The monoisotopic (exact) mass is 440 g/mol. The third-order valence-corrected chi connectivity index (χ3v) is 7.68. The zero-order valence-corrected chi connectivity index (χ0v) is 17.6. The number of benzene rings is 1. The predicted octanol–water partition coefficient (Wildman–Crippen LogP) is 0.861. The molecule has 0 unspecified atom stereocenters. The fourth-order valence-corrected chi connectivity index (χ4v) is 5.96. The normalized spacial score (nSPS) is 20.4. The topological polar surface area (TPSA) is 110 Å². The van der Waals surface area contributed by atoms with Crippen LogP contribution in [0.3, 0.4) is 0 Å². The summed E-state index contributed by atoms with van der Waals surface area (Å²) in [4.78, 5) is 39.0. The van der Waals surface area contributed by atoms with Crippen LogP contribution in [0, 0.1) is 0 Å². The summed E-state index contributed by atoms with van der Waals surface area (Å²) in [5.74, 6) is -0.941. The van der Waals surface area contributed by atoms with Crippen LogP contribution in [-0.4, -0.2) is 74.1 Å². The van der Waals surface area contributed by atoms with E-state index >= 15 is 0 Å². The largest absolute Gasteiger partial charge is 0.452 e. The first kappa shape index (κ1) is 21.6. The Morgan fingerprint density at radius 2 is 1.90 bits per heavy atom. The molecule has 1 atom stereocenters. The van der Waals surface area contributed by atoms with Gasteiger partial charge in [0.2, 0.25) is 5.91 Å². The number of carbonyl (C=O) groups is 3. The molecule has 8 nitrogen and oxygen atoms in total. The number of nitrogens with one attached hydrogen (secondary N) is 1. The third kappa shape index (κ3) is 6.20. The van der Waals surface area contributed by atoms with E-state index in [4.69, 9.17) is 4.74 Å². The van der Waals surface area contributed by atoms with Gasteiger partial charge in [-0.05, 0) is 31.4 Å². The summed E-state index contributed by atoms with van der Waals surface area (Å²) >= 11 is 1.27. The van der Waals surface area contributed by atoms with Gasteiger partial charge in [0.25, 0.3) is 5.91 Å². The number of hydrogen-bond donors (Lipinski definition) is 1. The third-order valence-electron chi connectivity index (χ3n) is 4.85. The summed E-state index contributed by atoms with van der Waals surface area (Å²) in [6.45, 7) is 1.07. The van der Waals surface area contributed by atoms with Crippen molar-refractivity contribution in [1.29, 1.82) is 0 Å². The Hall–Kier alpha value is -2.07. The van der Waals surface area contributed by atoms with E-state index in [1.165, 1.54) is 11.8 Å². The Morgan fingerprint density at radius 1 is 1.17 bits per heavy atom. The van der Waals surface area contributed by atoms with Gasteiger partial charge < -0.3 is 15.0 Å². The quantitative estimate of drug-likeness (QED) is 0.495. The van der Waals surface area contributed by atoms with Crippen LogP contribution < -0.4 is 5.32 Å². The molecule has 0 aliphatic carbocycles. The molecule has 0 spiro atoms. The van der Waals surface area contributed by atoms with Crippen LogP contribution in [0.1, 0.15) is 29.6 Å². The molecule has 1 aromatic rings. The van der Waals surface area contributed by atoms with Gasteiger partial charge in [0.05, 0.1) is 22.8 Å². The summed E-state index contributed by atoms with van der Waals surface area (Å²) in [6.07, 6.45) is 2.41. The summed E-state index contributed by atoms with van der Waals surface area (Å²) in [7, 11) is -3.10. The first-order valence-corrected chi connectivity index (χ1v) is 12.3. The maximum Gasteiger partial charge on any atom is 0.339 e. The van der Waals surface area contributed by atoms with Crippen molar-refractivity contribution in [2.75, 3.05) is 37.0 Å². The second-order valence-corrected chi connectivity index (χ2v) is 10.4. The summed E-state index contributed by atoms with van der Waals surface area (Å²) in [5.41, 5.74) is 0.294. The highest BCUT2D eigenvalue weighted by atomic mass is 32.2. The molecule has 2 aliphatic heterocycles. The molecular weight excluding hydrogens is 416 g/mol. The molecule has 1 N–H and O–H groups in total. The molecule has 2 heterocycles. The number of hydrogen-bond acceptors (Lipinski definition) is 7. The highest BCUT2D eigenvalue weighted by Crippen LogP contribution is 2.24. The van der Waals surface area contributed by atoms with Crippen molar-refractivity contribution < 1.29 is 27.5 Å². The standard InChI is InChI=1S/C19H24N2O6S2/c22-17(20-14-7-10-29(25,26)13-14)11-27-19(24)15-5-1-2-6-16(15)28-12-18(23)21-8-3-4-9-21/h1-2,5-6,14H,3-4,7-13H2,(H,20,22)/t14-/m0/s1. The van der Waals surface area contributed by atoms with Crippen molar-refractivity contribution in [3.05, 3.63) is 29.8 Å². The fraction of sp³-hybridized carbons (Fsp3) is 0.526. The van der Waals surface area contributed by atoms with E-state index in [1.54, 1.807) is 24.3 Å². The molecule has 0 bridgehead atoms. The Kier molecular flexibility index (Phi) is 7.18. The molecule has 2 amide bonds. The van der Waals surface area contributed by atoms with E-state index in [0.29, 0.717) is 16.9 Å². The zero-order valence-electron chi connectivity index (χ0n) is 16.0. The number of ether oxygens (including phenoxy) is 1. The van der Waals surface area contributed by atoms with E-state index in [9.17, 15) is 22.8 Å². The van der Waals surface area contributed by atoms with E-state index in [0.717, 1.165) is 25.9 Å². The summed E-state index contributed by atoms with van der Waals surface area (Å²) in [5, 5.41) is 2.58. The minimum absolute atomic E-state index is 0.0431. The summed E-state index contributed by atoms with van der Waals surface area (Å²) in [6, 6.07) is 6.35. The molecular formula is C19H24N2O6S2. The maximum absolute atomic E-state index is 12.4. The van der Waals surface area contributed by atoms with Crippen molar-refractivity contribution in [1.82, 2.24) is 10.2 Å². The number of likely N-dealkylation sites (tertiary alicyclic amines) is 1. The Morgan fingerprint density at radius 3 is 2.59 bits per heavy atom. The van der Waals surface area contributed by atoms with Gasteiger partial charge in [-0.1, -0.05) is 12.1 Å². The van der Waals surface area contributed by atoms with Gasteiger partial charge in [-0.3, -0.25) is 9.59 Å². The lowest BCUT2D eigenvalue weighted by atomic mass is 10.2. The zero-order chi connectivity index (χ0) is 20.9. The van der Waals surface area contributed by atoms with Gasteiger partial charge in [0.1, 0.15) is 0 Å². The number of nitrogens with zero attached hydrogens (tertiary/aromatic N) is 1. The maximum atomic E-state index is 12.4. The first-order valence-electron chi connectivity index (χ1n) is 9.50. The Balaban J connectivity index is 1.50. The lowest BCUT2D eigenvalue weighted by molar-refractivity contribution is -0.127. The van der Waals surface area contributed by atoms with Crippen LogP contribution in [0.25, 0.3) is 0 Å². The Bertz CT molecular complexity index is 880. The average Bonchev–Trinajstić information content (AvgIpc) is 3.34. The molecule has 0 aromatic heterocycles. The smallest absolute Gasteiger partial charge is 0.339 e. The van der Waals surface area contributed by atoms with Crippen LogP contribution in [0.2, 0.25) is 0 Å². The van der Waals surface area contributed by atoms with Crippen LogP contribution in [0.5, 0.6) is 0 Å². The van der Waals surface area contributed by atoms with E-state index in [-0.39, 0.29) is 23.2 Å². The minimum atomic E-state index is -3.10. The Labute approximate surface area is 174 Å². The van der Waals surface area contributed by atoms with Crippen molar-refractivity contribution in [3.63, 3.8) is 0 Å². The number of sulfone groups is 1. The molecule has 10 heteroatoms. The second-order valence-electron chi connectivity index (χ2n) is 7.12. The number of carbonyl (C=O) groups excluding carboxylic acids is 3. The minimum Gasteiger partial charge on any atom is -0.452 e. The highest BCUT2D eigenvalue weighted by molar-refractivity contribution is 8.00. The van der Waals surface area contributed by atoms with Crippen LogP contribution in [0.15, 0.2) is 29.2 Å². The van der Waals surface area contributed by atoms with Gasteiger partial charge in [0, 0.05) is 24.0 Å². The average molecular weight is 441 g/mol. The van der Waals surface area contributed by atoms with Crippen molar-refractivity contribution in [2.24, 2.45) is 0 Å². The van der Waals surface area contributed by atoms with Crippen molar-refractivity contribution in [2.45, 2.75) is 30.2 Å². The van der Waals surface area contributed by atoms with E-state index in [2.05, 4.69) is 5.32 Å². The van der Waals surface area contributed by atoms with Gasteiger partial charge >= 0.3 is 5.97 Å². The van der Waals surface area contributed by atoms with E-state index in [1.807, 2.05) is 4.90 Å². The molecule has 1 aromatic carbocycles. The van der Waals surface area contributed by atoms with Gasteiger partial charge in [0.15, 0.2) is 16.4 Å². The summed E-state index contributed by atoms with van der Waals surface area (Å²) < 4.78 is 28.0. The van der Waals surface area contributed by atoms with Crippen molar-refractivity contribution >= 4 is 39.4 Å². The molecule has 158 valence electrons. The SMILES string of the molecule is O=C(COC(=O)c1ccccc1SCC(=O)N1CCCC1)N[C@H]1CCS(=O)(=O)C1. The number of rotatable bonds is 7. The number of thioether (sulfide) groups is 1. The van der Waals surface area contributed by atoms with E-state index < -0.39 is 34.4 Å². The molecule has 3 rings (SSSR count). The number of esters is 1. The van der Waals surface area contributed by atoms with Gasteiger partial charge in [-0.25, -0.2) is 13.2 Å². The molecule has 0 saturated carbocycles. The van der Waals surface area contributed by atoms with Crippen LogP contribution >= 0.6 is 11.8 Å². The molecule has 29 heavy (non-hydrogen) atoms. The molecule has 2 aliphatic rings. The van der Waals surface area contributed by atoms with Gasteiger partial charge in [-0.15, -0.1) is 11.8 Å².